The highest BCUT2D eigenvalue weighted by Crippen LogP contribution is 2.24. The van der Waals surface area contributed by atoms with Crippen LogP contribution < -0.4 is 5.32 Å². The number of halogens is 3. The molecule has 3 nitrogen and oxygen atoms in total. The van der Waals surface area contributed by atoms with E-state index in [0.29, 0.717) is 17.6 Å². The summed E-state index contributed by atoms with van der Waals surface area (Å²) in [4.78, 5) is 13.2. The standard InChI is InChI=1S/C11H11BrF2N2O/c12-7-5-8(13)10(9(14)6-7)15-11(17)16-3-1-2-4-16/h5-6H,1-4H2,(H,15,17). The Kier molecular flexibility index (Phi) is 3.61. The van der Waals surface area contributed by atoms with Gasteiger partial charge in [-0.2, -0.15) is 0 Å². The van der Waals surface area contributed by atoms with E-state index in [-0.39, 0.29) is 0 Å². The molecule has 1 aromatic carbocycles. The number of rotatable bonds is 1. The van der Waals surface area contributed by atoms with E-state index in [1.165, 1.54) is 0 Å². The van der Waals surface area contributed by atoms with Crippen molar-refractivity contribution in [2.75, 3.05) is 18.4 Å². The van der Waals surface area contributed by atoms with Gasteiger partial charge in [0.05, 0.1) is 0 Å². The van der Waals surface area contributed by atoms with E-state index in [4.69, 9.17) is 0 Å². The summed E-state index contributed by atoms with van der Waals surface area (Å²) in [6.45, 7) is 1.26. The molecule has 1 aromatic rings. The first-order valence-corrected chi connectivity index (χ1v) is 6.07. The highest BCUT2D eigenvalue weighted by Gasteiger charge is 2.20. The van der Waals surface area contributed by atoms with E-state index >= 15 is 0 Å². The number of amides is 2. The van der Waals surface area contributed by atoms with Crippen LogP contribution in [-0.2, 0) is 0 Å². The molecule has 6 heteroatoms. The molecule has 1 heterocycles. The summed E-state index contributed by atoms with van der Waals surface area (Å²) in [5, 5.41) is 2.26. The maximum Gasteiger partial charge on any atom is 0.322 e. The maximum atomic E-state index is 13.5. The number of urea groups is 1. The summed E-state index contributed by atoms with van der Waals surface area (Å²) in [5.74, 6) is -1.58. The minimum atomic E-state index is -0.788. The lowest BCUT2D eigenvalue weighted by atomic mass is 10.3. The van der Waals surface area contributed by atoms with Crippen molar-refractivity contribution >= 4 is 27.6 Å². The number of hydrogen-bond acceptors (Lipinski definition) is 1. The maximum absolute atomic E-state index is 13.5. The van der Waals surface area contributed by atoms with Crippen LogP contribution in [0, 0.1) is 11.6 Å². The fourth-order valence-corrected chi connectivity index (χ4v) is 2.17. The Balaban J connectivity index is 2.15. The number of nitrogens with zero attached hydrogens (tertiary/aromatic N) is 1. The molecule has 0 saturated carbocycles. The average molecular weight is 305 g/mol. The predicted octanol–water partition coefficient (Wildman–Crippen LogP) is 3.36. The molecule has 1 aliphatic heterocycles. The van der Waals surface area contributed by atoms with Gasteiger partial charge in [0.15, 0.2) is 11.6 Å². The van der Waals surface area contributed by atoms with Crippen molar-refractivity contribution in [2.24, 2.45) is 0 Å². The Hall–Kier alpha value is -1.17. The van der Waals surface area contributed by atoms with Crippen LogP contribution in [0.4, 0.5) is 19.3 Å². The number of hydrogen-bond donors (Lipinski definition) is 1. The fraction of sp³-hybridized carbons (Fsp3) is 0.364. The van der Waals surface area contributed by atoms with E-state index < -0.39 is 23.4 Å². The van der Waals surface area contributed by atoms with Crippen LogP contribution in [0.2, 0.25) is 0 Å². The molecule has 92 valence electrons. The van der Waals surface area contributed by atoms with Crippen molar-refractivity contribution in [1.29, 1.82) is 0 Å². The zero-order valence-corrected chi connectivity index (χ0v) is 10.6. The first-order chi connectivity index (χ1) is 8.08. The van der Waals surface area contributed by atoms with Gasteiger partial charge in [-0.1, -0.05) is 15.9 Å². The summed E-state index contributed by atoms with van der Waals surface area (Å²) >= 11 is 2.98. The van der Waals surface area contributed by atoms with Crippen molar-refractivity contribution in [3.8, 4) is 0 Å². The third kappa shape index (κ3) is 2.74. The quantitative estimate of drug-likeness (QED) is 0.848. The van der Waals surface area contributed by atoms with Crippen LogP contribution in [0.25, 0.3) is 0 Å². The van der Waals surface area contributed by atoms with Gasteiger partial charge in [0, 0.05) is 17.6 Å². The monoisotopic (exact) mass is 304 g/mol. The first-order valence-electron chi connectivity index (χ1n) is 5.28. The average Bonchev–Trinajstić information content (AvgIpc) is 2.76. The van der Waals surface area contributed by atoms with E-state index in [2.05, 4.69) is 21.2 Å². The third-order valence-electron chi connectivity index (χ3n) is 2.63. The smallest absolute Gasteiger partial charge is 0.322 e. The largest absolute Gasteiger partial charge is 0.325 e. The summed E-state index contributed by atoms with van der Waals surface area (Å²) in [7, 11) is 0. The lowest BCUT2D eigenvalue weighted by Gasteiger charge is -2.16. The van der Waals surface area contributed by atoms with Gasteiger partial charge in [-0.3, -0.25) is 0 Å². The van der Waals surface area contributed by atoms with Crippen molar-refractivity contribution in [2.45, 2.75) is 12.8 Å². The Morgan fingerprint density at radius 3 is 2.29 bits per heavy atom. The van der Waals surface area contributed by atoms with Crippen LogP contribution >= 0.6 is 15.9 Å². The predicted molar refractivity (Wildman–Crippen MR) is 63.9 cm³/mol. The van der Waals surface area contributed by atoms with Crippen molar-refractivity contribution in [3.05, 3.63) is 28.2 Å². The van der Waals surface area contributed by atoms with Crippen molar-refractivity contribution in [1.82, 2.24) is 4.90 Å². The molecule has 0 aromatic heterocycles. The van der Waals surface area contributed by atoms with Gasteiger partial charge in [-0.05, 0) is 25.0 Å². The molecule has 0 radical (unpaired) electrons. The Morgan fingerprint density at radius 1 is 1.24 bits per heavy atom. The van der Waals surface area contributed by atoms with Gasteiger partial charge >= 0.3 is 6.03 Å². The Morgan fingerprint density at radius 2 is 1.76 bits per heavy atom. The molecule has 17 heavy (non-hydrogen) atoms. The van der Waals surface area contributed by atoms with Gasteiger partial charge in [-0.15, -0.1) is 0 Å². The normalized spacial score (nSPS) is 15.1. The molecule has 1 fully saturated rings. The number of anilines is 1. The highest BCUT2D eigenvalue weighted by atomic mass is 79.9. The summed E-state index contributed by atoms with van der Waals surface area (Å²) in [6.07, 6.45) is 1.86. The highest BCUT2D eigenvalue weighted by molar-refractivity contribution is 9.10. The Bertz CT molecular complexity index is 424. The number of benzene rings is 1. The van der Waals surface area contributed by atoms with E-state index in [9.17, 15) is 13.6 Å². The molecular weight excluding hydrogens is 294 g/mol. The molecule has 0 aliphatic carbocycles. The molecular formula is C11H11BrF2N2O. The van der Waals surface area contributed by atoms with Gasteiger partial charge < -0.3 is 10.2 Å². The van der Waals surface area contributed by atoms with E-state index in [1.54, 1.807) is 4.90 Å². The van der Waals surface area contributed by atoms with Crippen molar-refractivity contribution in [3.63, 3.8) is 0 Å². The molecule has 1 saturated heterocycles. The second-order valence-electron chi connectivity index (χ2n) is 3.87. The number of carbonyl (C=O) groups is 1. The van der Waals surface area contributed by atoms with Crippen LogP contribution in [0.5, 0.6) is 0 Å². The number of likely N-dealkylation sites (tertiary alicyclic amines) is 1. The molecule has 0 bridgehead atoms. The molecule has 2 rings (SSSR count). The van der Waals surface area contributed by atoms with Gasteiger partial charge in [-0.25, -0.2) is 13.6 Å². The summed E-state index contributed by atoms with van der Waals surface area (Å²) < 4.78 is 27.2. The molecule has 0 atom stereocenters. The molecule has 2 amide bonds. The summed E-state index contributed by atoms with van der Waals surface area (Å²) in [6, 6.07) is 1.77. The third-order valence-corrected chi connectivity index (χ3v) is 3.09. The van der Waals surface area contributed by atoms with Crippen LogP contribution in [-0.4, -0.2) is 24.0 Å². The zero-order valence-electron chi connectivity index (χ0n) is 8.97. The van der Waals surface area contributed by atoms with E-state index in [1.807, 2.05) is 0 Å². The van der Waals surface area contributed by atoms with Crippen LogP contribution in [0.1, 0.15) is 12.8 Å². The van der Waals surface area contributed by atoms with Gasteiger partial charge in [0.2, 0.25) is 0 Å². The molecule has 0 spiro atoms. The second-order valence-corrected chi connectivity index (χ2v) is 4.78. The van der Waals surface area contributed by atoms with Gasteiger partial charge in [0.1, 0.15) is 5.69 Å². The van der Waals surface area contributed by atoms with E-state index in [0.717, 1.165) is 25.0 Å². The summed E-state index contributed by atoms with van der Waals surface area (Å²) in [5.41, 5.74) is -0.398. The SMILES string of the molecule is O=C(Nc1c(F)cc(Br)cc1F)N1CCCC1. The molecule has 1 aliphatic rings. The minimum Gasteiger partial charge on any atom is -0.325 e. The minimum absolute atomic E-state index is 0.298. The fourth-order valence-electron chi connectivity index (χ4n) is 1.77. The number of carbonyl (C=O) groups excluding carboxylic acids is 1. The Labute approximate surface area is 106 Å². The lowest BCUT2D eigenvalue weighted by Crippen LogP contribution is -2.32. The second kappa shape index (κ2) is 5.00. The molecule has 0 unspecified atom stereocenters. The number of nitrogens with one attached hydrogen (secondary N) is 1. The lowest BCUT2D eigenvalue weighted by molar-refractivity contribution is 0.222. The van der Waals surface area contributed by atoms with Crippen LogP contribution in [0.3, 0.4) is 0 Å². The molecule has 1 N–H and O–H groups in total. The van der Waals surface area contributed by atoms with Crippen LogP contribution in [0.15, 0.2) is 16.6 Å². The van der Waals surface area contributed by atoms with Gasteiger partial charge in [0.25, 0.3) is 0 Å². The first kappa shape index (κ1) is 12.3. The zero-order chi connectivity index (χ0) is 12.4. The topological polar surface area (TPSA) is 32.3 Å². The van der Waals surface area contributed by atoms with Crippen molar-refractivity contribution < 1.29 is 13.6 Å².